The van der Waals surface area contributed by atoms with Crippen LogP contribution < -0.4 is 0 Å². The van der Waals surface area contributed by atoms with Gasteiger partial charge in [-0.1, -0.05) is 0 Å². The Kier molecular flexibility index (Phi) is 4.06. The molecule has 21 heavy (non-hydrogen) atoms. The molecule has 0 bridgehead atoms. The summed E-state index contributed by atoms with van der Waals surface area (Å²) >= 11 is 0. The van der Waals surface area contributed by atoms with Crippen molar-refractivity contribution in [2.75, 3.05) is 0 Å². The van der Waals surface area contributed by atoms with Crippen molar-refractivity contribution >= 4 is 21.5 Å². The Morgan fingerprint density at radius 1 is 0.952 bits per heavy atom. The molecule has 0 saturated heterocycles. The summed E-state index contributed by atoms with van der Waals surface area (Å²) in [5.74, 6) is 0.191. The second kappa shape index (κ2) is 5.63. The molecule has 7 heteroatoms. The summed E-state index contributed by atoms with van der Waals surface area (Å²) in [6, 6.07) is 8.34. The van der Waals surface area contributed by atoms with Gasteiger partial charge in [0.05, 0.1) is 16.3 Å². The van der Waals surface area contributed by atoms with Crippen LogP contribution in [0.4, 0.5) is 11.4 Å². The molecular weight excluding hydrogens is 292 g/mol. The quantitative estimate of drug-likeness (QED) is 0.694. The summed E-state index contributed by atoms with van der Waals surface area (Å²) in [5, 5.41) is 17.6. The molecule has 0 heterocycles. The van der Waals surface area contributed by atoms with Gasteiger partial charge in [-0.15, -0.1) is 0 Å². The van der Waals surface area contributed by atoms with Crippen molar-refractivity contribution in [3.05, 3.63) is 47.5 Å². The number of benzene rings is 2. The molecule has 0 aliphatic heterocycles. The fourth-order valence-electron chi connectivity index (χ4n) is 1.69. The van der Waals surface area contributed by atoms with Crippen molar-refractivity contribution < 1.29 is 18.1 Å². The molecule has 0 spiro atoms. The lowest BCUT2D eigenvalue weighted by Gasteiger charge is -2.06. The van der Waals surface area contributed by atoms with Crippen LogP contribution in [-0.4, -0.2) is 18.1 Å². The summed E-state index contributed by atoms with van der Waals surface area (Å²) in [7, 11) is -4.45. The molecule has 1 N–H and O–H groups in total. The number of nitrogens with zero attached hydrogens (tertiary/aromatic N) is 2. The predicted molar refractivity (Wildman–Crippen MR) is 76.2 cm³/mol. The lowest BCUT2D eigenvalue weighted by atomic mass is 10.1. The molecule has 0 aromatic heterocycles. The smallest absolute Gasteiger partial charge is 0.124 e. The second-order valence-electron chi connectivity index (χ2n) is 4.50. The molecule has 0 amide bonds. The fraction of sp³-hybridized carbons (Fsp3) is 0.143. The minimum Gasteiger partial charge on any atom is -0.744 e. The molecule has 0 aliphatic rings. The molecule has 0 radical (unpaired) electrons. The zero-order chi connectivity index (χ0) is 15.6. The van der Waals surface area contributed by atoms with Crippen molar-refractivity contribution in [3.63, 3.8) is 0 Å². The Balaban J connectivity index is 2.28. The van der Waals surface area contributed by atoms with E-state index >= 15 is 0 Å². The van der Waals surface area contributed by atoms with Crippen LogP contribution in [0.2, 0.25) is 0 Å². The lowest BCUT2D eigenvalue weighted by molar-refractivity contribution is 0.463. The van der Waals surface area contributed by atoms with E-state index < -0.39 is 10.1 Å². The first-order valence-corrected chi connectivity index (χ1v) is 7.47. The van der Waals surface area contributed by atoms with E-state index in [1.807, 2.05) is 6.92 Å². The summed E-state index contributed by atoms with van der Waals surface area (Å²) in [5.41, 5.74) is 2.55. The molecule has 6 nitrogen and oxygen atoms in total. The van der Waals surface area contributed by atoms with Gasteiger partial charge in [-0.3, -0.25) is 0 Å². The van der Waals surface area contributed by atoms with E-state index in [1.54, 1.807) is 13.0 Å². The number of phenols is 1. The molecule has 2 aromatic carbocycles. The van der Waals surface area contributed by atoms with Gasteiger partial charge < -0.3 is 9.66 Å². The first-order valence-electron chi connectivity index (χ1n) is 6.06. The summed E-state index contributed by atoms with van der Waals surface area (Å²) in [6.07, 6.45) is 0. The molecule has 2 aromatic rings. The summed E-state index contributed by atoms with van der Waals surface area (Å²) in [4.78, 5) is -0.307. The monoisotopic (exact) mass is 305 g/mol. The highest BCUT2D eigenvalue weighted by Crippen LogP contribution is 2.29. The van der Waals surface area contributed by atoms with Crippen LogP contribution in [0.15, 0.2) is 51.5 Å². The zero-order valence-corrected chi connectivity index (χ0v) is 12.3. The predicted octanol–water partition coefficient (Wildman–Crippen LogP) is 3.33. The molecule has 110 valence electrons. The van der Waals surface area contributed by atoms with Gasteiger partial charge >= 0.3 is 0 Å². The van der Waals surface area contributed by atoms with Gasteiger partial charge in [0.15, 0.2) is 0 Å². The number of phenolic OH excluding ortho intramolecular Hbond substituents is 1. The van der Waals surface area contributed by atoms with Crippen LogP contribution in [0.25, 0.3) is 0 Å². The number of azo groups is 1. The van der Waals surface area contributed by atoms with Crippen molar-refractivity contribution in [1.82, 2.24) is 0 Å². The molecule has 2 rings (SSSR count). The maximum atomic E-state index is 10.8. The van der Waals surface area contributed by atoms with Gasteiger partial charge in [-0.2, -0.15) is 10.2 Å². The van der Waals surface area contributed by atoms with Crippen LogP contribution in [0.3, 0.4) is 0 Å². The SMILES string of the molecule is Cc1c(O)ccc(N=Nc2ccc(S(=O)(=O)[O-])cc2)c1C. The number of rotatable bonds is 3. The minimum atomic E-state index is -4.45. The van der Waals surface area contributed by atoms with Crippen LogP contribution in [-0.2, 0) is 10.1 Å². The molecular formula is C14H13N2O4S-. The van der Waals surface area contributed by atoms with E-state index in [1.165, 1.54) is 30.3 Å². The Morgan fingerprint density at radius 2 is 1.57 bits per heavy atom. The van der Waals surface area contributed by atoms with Gasteiger partial charge in [0.1, 0.15) is 15.9 Å². The van der Waals surface area contributed by atoms with E-state index in [0.717, 1.165) is 11.1 Å². The first kappa shape index (κ1) is 15.1. The topological polar surface area (TPSA) is 102 Å². The standard InChI is InChI=1S/C14H14N2O4S/c1-9-10(2)14(17)8-7-13(9)16-15-11-3-5-12(6-4-11)21(18,19)20/h3-8,17H,1-2H3,(H,18,19,20)/p-1. The minimum absolute atomic E-state index is 0.191. The summed E-state index contributed by atoms with van der Waals surface area (Å²) < 4.78 is 32.4. The first-order chi connectivity index (χ1) is 9.79. The second-order valence-corrected chi connectivity index (χ2v) is 5.88. The Morgan fingerprint density at radius 3 is 2.14 bits per heavy atom. The largest absolute Gasteiger partial charge is 0.744 e. The van der Waals surface area contributed by atoms with Gasteiger partial charge in [0.2, 0.25) is 0 Å². The van der Waals surface area contributed by atoms with Crippen molar-refractivity contribution in [3.8, 4) is 5.75 Å². The average Bonchev–Trinajstić information content (AvgIpc) is 2.43. The molecule has 0 atom stereocenters. The van der Waals surface area contributed by atoms with E-state index in [-0.39, 0.29) is 10.6 Å². The van der Waals surface area contributed by atoms with E-state index in [0.29, 0.717) is 11.4 Å². The van der Waals surface area contributed by atoms with Gasteiger partial charge in [0.25, 0.3) is 0 Å². The van der Waals surface area contributed by atoms with Crippen LogP contribution in [0.5, 0.6) is 5.75 Å². The summed E-state index contributed by atoms with van der Waals surface area (Å²) in [6.45, 7) is 3.59. The highest BCUT2D eigenvalue weighted by Gasteiger charge is 2.05. The average molecular weight is 305 g/mol. The maximum absolute atomic E-state index is 10.8. The normalized spacial score (nSPS) is 12.0. The highest BCUT2D eigenvalue weighted by molar-refractivity contribution is 7.85. The third-order valence-corrected chi connectivity index (χ3v) is 3.98. The van der Waals surface area contributed by atoms with E-state index in [4.69, 9.17) is 0 Å². The van der Waals surface area contributed by atoms with Crippen molar-refractivity contribution in [2.45, 2.75) is 18.7 Å². The lowest BCUT2D eigenvalue weighted by Crippen LogP contribution is -1.97. The zero-order valence-electron chi connectivity index (χ0n) is 11.4. The highest BCUT2D eigenvalue weighted by atomic mass is 32.2. The Hall–Kier alpha value is -2.25. The Bertz CT molecular complexity index is 796. The van der Waals surface area contributed by atoms with Crippen molar-refractivity contribution in [2.24, 2.45) is 10.2 Å². The van der Waals surface area contributed by atoms with Gasteiger partial charge in [0, 0.05) is 0 Å². The molecule has 0 fully saturated rings. The van der Waals surface area contributed by atoms with Crippen LogP contribution in [0.1, 0.15) is 11.1 Å². The number of aromatic hydroxyl groups is 1. The molecule has 0 aliphatic carbocycles. The fourth-order valence-corrected chi connectivity index (χ4v) is 2.16. The molecule has 0 unspecified atom stereocenters. The van der Waals surface area contributed by atoms with Crippen molar-refractivity contribution in [1.29, 1.82) is 0 Å². The van der Waals surface area contributed by atoms with Gasteiger partial charge in [-0.25, -0.2) is 8.42 Å². The third kappa shape index (κ3) is 3.45. The molecule has 0 saturated carbocycles. The number of hydrogen-bond donors (Lipinski definition) is 1. The third-order valence-electron chi connectivity index (χ3n) is 3.13. The van der Waals surface area contributed by atoms with Gasteiger partial charge in [-0.05, 0) is 61.4 Å². The number of hydrogen-bond acceptors (Lipinski definition) is 6. The Labute approximate surface area is 122 Å². The van der Waals surface area contributed by atoms with E-state index in [9.17, 15) is 18.1 Å². The van der Waals surface area contributed by atoms with Crippen LogP contribution >= 0.6 is 0 Å². The van der Waals surface area contributed by atoms with E-state index in [2.05, 4.69) is 10.2 Å². The maximum Gasteiger partial charge on any atom is 0.124 e. The van der Waals surface area contributed by atoms with Crippen LogP contribution in [0, 0.1) is 13.8 Å².